The minimum Gasteiger partial charge on any atom is -0.299 e. The molecule has 2 aliphatic heterocycles. The van der Waals surface area contributed by atoms with E-state index in [2.05, 4.69) is 28.8 Å². The van der Waals surface area contributed by atoms with E-state index in [4.69, 9.17) is 0 Å². The smallest absolute Gasteiger partial charge is 0.130 e. The molecule has 4 heteroatoms. The fraction of sp³-hybridized carbons (Fsp3) is 0.500. The van der Waals surface area contributed by atoms with Gasteiger partial charge in [-0.1, -0.05) is 24.3 Å². The maximum absolute atomic E-state index is 13.8. The van der Waals surface area contributed by atoms with Crippen LogP contribution in [0, 0.1) is 11.7 Å². The Kier molecular flexibility index (Phi) is 4.15. The van der Waals surface area contributed by atoms with Crippen molar-refractivity contribution in [3.63, 3.8) is 0 Å². The highest BCUT2D eigenvalue weighted by Crippen LogP contribution is 2.25. The van der Waals surface area contributed by atoms with Crippen molar-refractivity contribution >= 4 is 5.57 Å². The maximum atomic E-state index is 13.8. The summed E-state index contributed by atoms with van der Waals surface area (Å²) in [6.45, 7) is 6.29. The SMILES string of the molecule is CC1NNCC1CN1CC=C(c2ccccc2F)CC1. The monoisotopic (exact) mass is 275 g/mol. The van der Waals surface area contributed by atoms with Gasteiger partial charge in [-0.25, -0.2) is 4.39 Å². The summed E-state index contributed by atoms with van der Waals surface area (Å²) in [5.74, 6) is 0.545. The Hall–Kier alpha value is -1.23. The Bertz CT molecular complexity index is 500. The number of halogens is 1. The summed E-state index contributed by atoms with van der Waals surface area (Å²) in [7, 11) is 0. The molecule has 0 spiro atoms. The van der Waals surface area contributed by atoms with Crippen molar-refractivity contribution in [2.75, 3.05) is 26.2 Å². The van der Waals surface area contributed by atoms with Gasteiger partial charge in [0.15, 0.2) is 0 Å². The van der Waals surface area contributed by atoms with Gasteiger partial charge >= 0.3 is 0 Å². The lowest BCUT2D eigenvalue weighted by molar-refractivity contribution is 0.249. The van der Waals surface area contributed by atoms with Gasteiger partial charge in [0, 0.05) is 43.7 Å². The average molecular weight is 275 g/mol. The molecule has 2 unspecified atom stereocenters. The second-order valence-electron chi connectivity index (χ2n) is 5.79. The normalized spacial score (nSPS) is 27.6. The summed E-state index contributed by atoms with van der Waals surface area (Å²) in [5.41, 5.74) is 8.39. The van der Waals surface area contributed by atoms with Crippen LogP contribution in [0.2, 0.25) is 0 Å². The van der Waals surface area contributed by atoms with Crippen LogP contribution < -0.4 is 10.9 Å². The molecule has 0 bridgehead atoms. The topological polar surface area (TPSA) is 27.3 Å². The lowest BCUT2D eigenvalue weighted by Gasteiger charge is -2.29. The molecular formula is C16H22FN3. The standard InChI is InChI=1S/C16H22FN3/c1-12-14(10-18-19-12)11-20-8-6-13(7-9-20)15-4-2-3-5-16(15)17/h2-6,12,14,18-19H,7-11H2,1H3. The minimum atomic E-state index is -0.106. The van der Waals surface area contributed by atoms with Crippen LogP contribution in [0.25, 0.3) is 5.57 Å². The molecule has 1 fully saturated rings. The molecule has 1 saturated heterocycles. The molecule has 0 amide bonds. The summed E-state index contributed by atoms with van der Waals surface area (Å²) in [4.78, 5) is 2.46. The third-order valence-corrected chi connectivity index (χ3v) is 4.41. The quantitative estimate of drug-likeness (QED) is 0.884. The molecule has 108 valence electrons. The molecule has 0 aromatic heterocycles. The van der Waals surface area contributed by atoms with Gasteiger partial charge in [-0.15, -0.1) is 0 Å². The van der Waals surface area contributed by atoms with Crippen LogP contribution in [0.15, 0.2) is 30.3 Å². The molecule has 0 saturated carbocycles. The molecule has 0 radical (unpaired) electrons. The summed E-state index contributed by atoms with van der Waals surface area (Å²) in [5, 5.41) is 0. The molecule has 2 heterocycles. The van der Waals surface area contributed by atoms with Gasteiger partial charge in [0.25, 0.3) is 0 Å². The zero-order valence-electron chi connectivity index (χ0n) is 11.9. The van der Waals surface area contributed by atoms with Gasteiger partial charge in [0.2, 0.25) is 0 Å². The van der Waals surface area contributed by atoms with Gasteiger partial charge in [-0.05, 0) is 25.0 Å². The number of rotatable bonds is 3. The first-order valence-corrected chi connectivity index (χ1v) is 7.38. The highest BCUT2D eigenvalue weighted by Gasteiger charge is 2.25. The van der Waals surface area contributed by atoms with Crippen molar-refractivity contribution in [2.24, 2.45) is 5.92 Å². The zero-order chi connectivity index (χ0) is 13.9. The first-order chi connectivity index (χ1) is 9.74. The van der Waals surface area contributed by atoms with Crippen molar-refractivity contribution in [1.82, 2.24) is 15.8 Å². The van der Waals surface area contributed by atoms with Gasteiger partial charge in [-0.3, -0.25) is 15.8 Å². The summed E-state index contributed by atoms with van der Waals surface area (Å²) < 4.78 is 13.8. The first-order valence-electron chi connectivity index (χ1n) is 7.38. The molecule has 2 atom stereocenters. The van der Waals surface area contributed by atoms with Crippen LogP contribution in [0.4, 0.5) is 4.39 Å². The van der Waals surface area contributed by atoms with E-state index in [1.165, 1.54) is 0 Å². The highest BCUT2D eigenvalue weighted by atomic mass is 19.1. The second-order valence-corrected chi connectivity index (χ2v) is 5.79. The van der Waals surface area contributed by atoms with E-state index in [1.54, 1.807) is 12.1 Å². The van der Waals surface area contributed by atoms with E-state index in [0.29, 0.717) is 12.0 Å². The van der Waals surface area contributed by atoms with E-state index >= 15 is 0 Å². The van der Waals surface area contributed by atoms with Crippen LogP contribution in [0.5, 0.6) is 0 Å². The Labute approximate surface area is 119 Å². The van der Waals surface area contributed by atoms with Gasteiger partial charge in [0.1, 0.15) is 5.82 Å². The van der Waals surface area contributed by atoms with E-state index < -0.39 is 0 Å². The first kappa shape index (κ1) is 13.7. The average Bonchev–Trinajstić information content (AvgIpc) is 2.86. The lowest BCUT2D eigenvalue weighted by Crippen LogP contribution is -2.37. The summed E-state index contributed by atoms with van der Waals surface area (Å²) >= 11 is 0. The fourth-order valence-corrected chi connectivity index (χ4v) is 3.04. The number of nitrogens with one attached hydrogen (secondary N) is 2. The highest BCUT2D eigenvalue weighted by molar-refractivity contribution is 5.66. The molecule has 3 rings (SSSR count). The number of benzene rings is 1. The molecule has 0 aliphatic carbocycles. The Balaban J connectivity index is 1.62. The summed E-state index contributed by atoms with van der Waals surface area (Å²) in [6, 6.07) is 7.59. The Morgan fingerprint density at radius 3 is 2.85 bits per heavy atom. The molecule has 1 aromatic carbocycles. The van der Waals surface area contributed by atoms with Gasteiger partial charge in [0.05, 0.1) is 0 Å². The molecular weight excluding hydrogens is 253 g/mol. The maximum Gasteiger partial charge on any atom is 0.130 e. The predicted octanol–water partition coefficient (Wildman–Crippen LogP) is 2.03. The van der Waals surface area contributed by atoms with Crippen LogP contribution in [-0.4, -0.2) is 37.1 Å². The number of hydrogen-bond acceptors (Lipinski definition) is 3. The minimum absolute atomic E-state index is 0.106. The second kappa shape index (κ2) is 6.04. The van der Waals surface area contributed by atoms with Crippen LogP contribution in [0.3, 0.4) is 0 Å². The van der Waals surface area contributed by atoms with Crippen LogP contribution in [0.1, 0.15) is 18.9 Å². The summed E-state index contributed by atoms with van der Waals surface area (Å²) in [6.07, 6.45) is 3.12. The van der Waals surface area contributed by atoms with Crippen molar-refractivity contribution in [3.8, 4) is 0 Å². The molecule has 2 N–H and O–H groups in total. The zero-order valence-corrected chi connectivity index (χ0v) is 11.9. The Morgan fingerprint density at radius 1 is 1.35 bits per heavy atom. The van der Waals surface area contributed by atoms with E-state index in [-0.39, 0.29) is 5.82 Å². The van der Waals surface area contributed by atoms with E-state index in [9.17, 15) is 4.39 Å². The third-order valence-electron chi connectivity index (χ3n) is 4.41. The van der Waals surface area contributed by atoms with Gasteiger partial charge in [-0.2, -0.15) is 0 Å². The van der Waals surface area contributed by atoms with Crippen LogP contribution in [-0.2, 0) is 0 Å². The van der Waals surface area contributed by atoms with Crippen molar-refractivity contribution in [1.29, 1.82) is 0 Å². The van der Waals surface area contributed by atoms with Crippen molar-refractivity contribution < 1.29 is 4.39 Å². The van der Waals surface area contributed by atoms with E-state index in [1.807, 2.05) is 12.1 Å². The lowest BCUT2D eigenvalue weighted by atomic mass is 9.97. The van der Waals surface area contributed by atoms with E-state index in [0.717, 1.165) is 43.7 Å². The molecule has 20 heavy (non-hydrogen) atoms. The molecule has 3 nitrogen and oxygen atoms in total. The largest absolute Gasteiger partial charge is 0.299 e. The van der Waals surface area contributed by atoms with Crippen molar-refractivity contribution in [3.05, 3.63) is 41.7 Å². The predicted molar refractivity (Wildman–Crippen MR) is 79.5 cm³/mol. The number of hydrogen-bond donors (Lipinski definition) is 2. The molecule has 1 aromatic rings. The van der Waals surface area contributed by atoms with Crippen molar-refractivity contribution in [2.45, 2.75) is 19.4 Å². The fourth-order valence-electron chi connectivity index (χ4n) is 3.04. The number of hydrazine groups is 1. The number of nitrogens with zero attached hydrogens (tertiary/aromatic N) is 1. The van der Waals surface area contributed by atoms with Crippen LogP contribution >= 0.6 is 0 Å². The third kappa shape index (κ3) is 2.92. The molecule has 2 aliphatic rings. The van der Waals surface area contributed by atoms with Gasteiger partial charge < -0.3 is 0 Å². The Morgan fingerprint density at radius 2 is 2.20 bits per heavy atom.